The second-order valence-electron chi connectivity index (χ2n) is 6.61. The summed E-state index contributed by atoms with van der Waals surface area (Å²) in [7, 11) is 0. The number of hydrogen-bond acceptors (Lipinski definition) is 4. The van der Waals surface area contributed by atoms with Gasteiger partial charge in [0.1, 0.15) is 11.9 Å². The Morgan fingerprint density at radius 3 is 2.27 bits per heavy atom. The normalized spacial score (nSPS) is 11.6. The Morgan fingerprint density at radius 2 is 1.57 bits per heavy atom. The van der Waals surface area contributed by atoms with E-state index in [1.807, 2.05) is 60.7 Å². The fourth-order valence-electron chi connectivity index (χ4n) is 2.95. The van der Waals surface area contributed by atoms with E-state index in [1.54, 1.807) is 12.1 Å². The summed E-state index contributed by atoms with van der Waals surface area (Å²) >= 11 is 0. The van der Waals surface area contributed by atoms with Gasteiger partial charge in [0.2, 0.25) is 11.8 Å². The first kappa shape index (κ1) is 19.3. The second-order valence-corrected chi connectivity index (χ2v) is 6.61. The zero-order valence-corrected chi connectivity index (χ0v) is 16.0. The molecule has 0 saturated heterocycles. The third-order valence-corrected chi connectivity index (χ3v) is 4.48. The molecule has 4 rings (SSSR count). The Hall–Kier alpha value is -4.00. The summed E-state index contributed by atoms with van der Waals surface area (Å²) in [6.07, 6.45) is 0. The number of aromatic nitrogens is 2. The molecular formula is C23H19FN4O2. The number of carbonyl (C=O) groups is 1. The van der Waals surface area contributed by atoms with Crippen molar-refractivity contribution in [2.45, 2.75) is 12.6 Å². The highest BCUT2D eigenvalue weighted by Crippen LogP contribution is 2.24. The highest BCUT2D eigenvalue weighted by molar-refractivity contribution is 5.74. The summed E-state index contributed by atoms with van der Waals surface area (Å²) in [5.74, 6) is 0.329. The summed E-state index contributed by atoms with van der Waals surface area (Å²) in [4.78, 5) is 12.5. The number of amides is 2. The van der Waals surface area contributed by atoms with E-state index in [1.165, 1.54) is 12.1 Å². The molecule has 150 valence electrons. The SMILES string of the molecule is O=C(NCc1ccc(F)cc1)N[C@@H](c1ccccc1)c1nnc(-c2ccccc2)o1. The van der Waals surface area contributed by atoms with Crippen LogP contribution in [0.15, 0.2) is 89.3 Å². The Kier molecular flexibility index (Phi) is 5.80. The number of nitrogens with zero attached hydrogens (tertiary/aromatic N) is 2. The number of rotatable bonds is 6. The highest BCUT2D eigenvalue weighted by Gasteiger charge is 2.23. The van der Waals surface area contributed by atoms with Crippen molar-refractivity contribution in [3.63, 3.8) is 0 Å². The maximum Gasteiger partial charge on any atom is 0.315 e. The van der Waals surface area contributed by atoms with E-state index in [4.69, 9.17) is 4.42 Å². The molecule has 1 aromatic heterocycles. The van der Waals surface area contributed by atoms with Crippen LogP contribution in [-0.4, -0.2) is 16.2 Å². The molecule has 0 aliphatic rings. The predicted octanol–water partition coefficient (Wildman–Crippen LogP) is 4.46. The number of carbonyl (C=O) groups excluding carboxylic acids is 1. The number of halogens is 1. The second kappa shape index (κ2) is 9.00. The standard InChI is InChI=1S/C23H19FN4O2/c24-19-13-11-16(12-14-19)15-25-23(29)26-20(17-7-3-1-4-8-17)22-28-27-21(30-22)18-9-5-2-6-10-18/h1-14,20H,15H2,(H2,25,26,29)/t20-/m0/s1. The van der Waals surface area contributed by atoms with E-state index in [2.05, 4.69) is 20.8 Å². The minimum atomic E-state index is -0.621. The first-order chi connectivity index (χ1) is 14.7. The minimum absolute atomic E-state index is 0.257. The van der Waals surface area contributed by atoms with Crippen LogP contribution < -0.4 is 10.6 Å². The first-order valence-corrected chi connectivity index (χ1v) is 9.41. The van der Waals surface area contributed by atoms with E-state index in [0.29, 0.717) is 5.89 Å². The van der Waals surface area contributed by atoms with Gasteiger partial charge in [0.05, 0.1) is 0 Å². The van der Waals surface area contributed by atoms with Crippen molar-refractivity contribution < 1.29 is 13.6 Å². The van der Waals surface area contributed by atoms with Crippen molar-refractivity contribution in [3.05, 3.63) is 108 Å². The van der Waals surface area contributed by atoms with Crippen molar-refractivity contribution in [1.29, 1.82) is 0 Å². The lowest BCUT2D eigenvalue weighted by atomic mass is 10.1. The first-order valence-electron chi connectivity index (χ1n) is 9.41. The fourth-order valence-corrected chi connectivity index (χ4v) is 2.95. The molecule has 0 fully saturated rings. The molecule has 3 aromatic carbocycles. The lowest BCUT2D eigenvalue weighted by Gasteiger charge is -2.16. The molecule has 30 heavy (non-hydrogen) atoms. The molecule has 0 spiro atoms. The third kappa shape index (κ3) is 4.70. The average molecular weight is 402 g/mol. The van der Waals surface area contributed by atoms with Gasteiger partial charge < -0.3 is 15.1 Å². The van der Waals surface area contributed by atoms with E-state index in [9.17, 15) is 9.18 Å². The van der Waals surface area contributed by atoms with Crippen LogP contribution in [0.5, 0.6) is 0 Å². The number of nitrogens with one attached hydrogen (secondary N) is 2. The van der Waals surface area contributed by atoms with E-state index in [0.717, 1.165) is 16.7 Å². The van der Waals surface area contributed by atoms with Gasteiger partial charge in [-0.15, -0.1) is 10.2 Å². The Morgan fingerprint density at radius 1 is 0.900 bits per heavy atom. The van der Waals surface area contributed by atoms with Gasteiger partial charge in [0.15, 0.2) is 0 Å². The van der Waals surface area contributed by atoms with Gasteiger partial charge in [0.25, 0.3) is 0 Å². The summed E-state index contributed by atoms with van der Waals surface area (Å²) in [6.45, 7) is 0.257. The lowest BCUT2D eigenvalue weighted by molar-refractivity contribution is 0.236. The molecule has 0 bridgehead atoms. The van der Waals surface area contributed by atoms with Gasteiger partial charge in [-0.1, -0.05) is 60.7 Å². The van der Waals surface area contributed by atoms with E-state index in [-0.39, 0.29) is 18.3 Å². The van der Waals surface area contributed by atoms with E-state index >= 15 is 0 Å². The molecule has 0 radical (unpaired) electrons. The quantitative estimate of drug-likeness (QED) is 0.499. The molecule has 0 aliphatic carbocycles. The molecule has 6 nitrogen and oxygen atoms in total. The van der Waals surface area contributed by atoms with Crippen LogP contribution in [0.1, 0.15) is 23.1 Å². The molecule has 0 unspecified atom stereocenters. The van der Waals surface area contributed by atoms with Crippen molar-refractivity contribution >= 4 is 6.03 Å². The molecule has 4 aromatic rings. The summed E-state index contributed by atoms with van der Waals surface area (Å²) in [5.41, 5.74) is 2.38. The zero-order valence-electron chi connectivity index (χ0n) is 16.0. The van der Waals surface area contributed by atoms with Gasteiger partial charge in [-0.2, -0.15) is 0 Å². The molecule has 1 heterocycles. The lowest BCUT2D eigenvalue weighted by Crippen LogP contribution is -2.38. The van der Waals surface area contributed by atoms with Crippen molar-refractivity contribution in [3.8, 4) is 11.5 Å². The van der Waals surface area contributed by atoms with Crippen LogP contribution in [0.4, 0.5) is 9.18 Å². The number of hydrogen-bond donors (Lipinski definition) is 2. The maximum absolute atomic E-state index is 13.0. The van der Waals surface area contributed by atoms with Gasteiger partial charge in [-0.05, 0) is 35.4 Å². The van der Waals surface area contributed by atoms with Crippen LogP contribution in [0, 0.1) is 5.82 Å². The Bertz CT molecular complexity index is 1100. The third-order valence-electron chi connectivity index (χ3n) is 4.48. The van der Waals surface area contributed by atoms with Crippen molar-refractivity contribution in [1.82, 2.24) is 20.8 Å². The van der Waals surface area contributed by atoms with Crippen LogP contribution in [0.2, 0.25) is 0 Å². The largest absolute Gasteiger partial charge is 0.418 e. The van der Waals surface area contributed by atoms with Gasteiger partial charge in [0, 0.05) is 12.1 Å². The van der Waals surface area contributed by atoms with Crippen molar-refractivity contribution in [2.24, 2.45) is 0 Å². The van der Waals surface area contributed by atoms with Gasteiger partial charge in [-0.3, -0.25) is 0 Å². The minimum Gasteiger partial charge on any atom is -0.418 e. The molecule has 2 N–H and O–H groups in total. The zero-order chi connectivity index (χ0) is 20.8. The van der Waals surface area contributed by atoms with E-state index < -0.39 is 12.1 Å². The molecule has 2 amide bonds. The van der Waals surface area contributed by atoms with Crippen molar-refractivity contribution in [2.75, 3.05) is 0 Å². The molecule has 0 aliphatic heterocycles. The molecular weight excluding hydrogens is 383 g/mol. The predicted molar refractivity (Wildman–Crippen MR) is 110 cm³/mol. The fraction of sp³-hybridized carbons (Fsp3) is 0.0870. The van der Waals surface area contributed by atoms with Crippen LogP contribution in [-0.2, 0) is 6.54 Å². The van der Waals surface area contributed by atoms with Gasteiger partial charge >= 0.3 is 6.03 Å². The highest BCUT2D eigenvalue weighted by atomic mass is 19.1. The molecule has 0 saturated carbocycles. The topological polar surface area (TPSA) is 80.0 Å². The average Bonchev–Trinajstić information content (AvgIpc) is 3.28. The molecule has 1 atom stereocenters. The number of benzene rings is 3. The molecule has 7 heteroatoms. The summed E-state index contributed by atoms with van der Waals surface area (Å²) in [5, 5.41) is 13.9. The monoisotopic (exact) mass is 402 g/mol. The summed E-state index contributed by atoms with van der Waals surface area (Å²) < 4.78 is 18.9. The Balaban J connectivity index is 1.51. The summed E-state index contributed by atoms with van der Waals surface area (Å²) in [6, 6.07) is 23.7. The Labute approximate surface area is 172 Å². The maximum atomic E-state index is 13.0. The number of urea groups is 1. The van der Waals surface area contributed by atoms with Crippen LogP contribution >= 0.6 is 0 Å². The van der Waals surface area contributed by atoms with Gasteiger partial charge in [-0.25, -0.2) is 9.18 Å². The van der Waals surface area contributed by atoms with Crippen LogP contribution in [0.25, 0.3) is 11.5 Å². The smallest absolute Gasteiger partial charge is 0.315 e. The van der Waals surface area contributed by atoms with Crippen LogP contribution in [0.3, 0.4) is 0 Å².